The quantitative estimate of drug-likeness (QED) is 0.828. The van der Waals surface area contributed by atoms with Crippen molar-refractivity contribution in [3.63, 3.8) is 0 Å². The smallest absolute Gasteiger partial charge is 0.234 e. The summed E-state index contributed by atoms with van der Waals surface area (Å²) in [7, 11) is -3.31. The van der Waals surface area contributed by atoms with Crippen LogP contribution in [-0.4, -0.2) is 24.4 Å². The monoisotopic (exact) mass is 231 g/mol. The molecule has 0 saturated heterocycles. The fraction of sp³-hybridized carbons (Fsp3) is 0.667. The predicted molar refractivity (Wildman–Crippen MR) is 60.2 cm³/mol. The first-order valence-electron chi connectivity index (χ1n) is 4.70. The highest BCUT2D eigenvalue weighted by molar-refractivity contribution is 7.92. The number of sulfonamides is 1. The molecular formula is C9H17N3O2S. The van der Waals surface area contributed by atoms with Crippen LogP contribution in [0.15, 0.2) is 6.20 Å². The molecule has 1 rings (SSSR count). The molecule has 6 heteroatoms. The summed E-state index contributed by atoms with van der Waals surface area (Å²) in [6.07, 6.45) is 1.58. The molecule has 0 aliphatic carbocycles. The molecule has 0 spiro atoms. The first-order chi connectivity index (χ1) is 6.70. The van der Waals surface area contributed by atoms with Crippen molar-refractivity contribution in [1.82, 2.24) is 10.2 Å². The topological polar surface area (TPSA) is 74.8 Å². The molecule has 0 amide bonds. The molecule has 0 aliphatic heterocycles. The lowest BCUT2D eigenvalue weighted by atomic mass is 10.0. The summed E-state index contributed by atoms with van der Waals surface area (Å²) in [5, 5.41) is 6.36. The molecule has 1 heterocycles. The van der Waals surface area contributed by atoms with Gasteiger partial charge in [-0.2, -0.15) is 5.10 Å². The van der Waals surface area contributed by atoms with Gasteiger partial charge in [-0.1, -0.05) is 20.8 Å². The van der Waals surface area contributed by atoms with E-state index in [9.17, 15) is 8.42 Å². The van der Waals surface area contributed by atoms with Crippen molar-refractivity contribution < 1.29 is 8.42 Å². The van der Waals surface area contributed by atoms with E-state index in [1.54, 1.807) is 13.1 Å². The second-order valence-electron chi connectivity index (χ2n) is 4.85. The van der Waals surface area contributed by atoms with Gasteiger partial charge in [0.2, 0.25) is 10.0 Å². The lowest BCUT2D eigenvalue weighted by molar-refractivity contribution is 0.463. The lowest BCUT2D eigenvalue weighted by Crippen LogP contribution is -2.26. The summed E-state index contributed by atoms with van der Waals surface area (Å²) in [5.74, 6) is 0.526. The minimum absolute atomic E-state index is 0.0818. The molecule has 0 fully saturated rings. The van der Waals surface area contributed by atoms with Crippen molar-refractivity contribution in [2.45, 2.75) is 27.7 Å². The maximum absolute atomic E-state index is 11.7. The van der Waals surface area contributed by atoms with Gasteiger partial charge in [-0.3, -0.25) is 9.82 Å². The Hall–Kier alpha value is -1.04. The molecule has 5 nitrogen and oxygen atoms in total. The SMILES string of the molecule is Cc1cn[nH]c1NS(=O)(=O)CC(C)(C)C. The van der Waals surface area contributed by atoms with Crippen molar-refractivity contribution in [1.29, 1.82) is 0 Å². The number of rotatable bonds is 3. The van der Waals surface area contributed by atoms with Gasteiger partial charge in [0.05, 0.1) is 11.9 Å². The Morgan fingerprint density at radius 1 is 1.47 bits per heavy atom. The van der Waals surface area contributed by atoms with Crippen LogP contribution in [0.3, 0.4) is 0 Å². The Morgan fingerprint density at radius 3 is 2.47 bits per heavy atom. The Balaban J connectivity index is 2.78. The fourth-order valence-electron chi connectivity index (χ4n) is 1.21. The number of aryl methyl sites for hydroxylation is 1. The van der Waals surface area contributed by atoms with E-state index in [1.807, 2.05) is 20.8 Å². The van der Waals surface area contributed by atoms with E-state index >= 15 is 0 Å². The number of aromatic amines is 1. The molecule has 0 saturated carbocycles. The largest absolute Gasteiger partial charge is 0.267 e. The highest BCUT2D eigenvalue weighted by Crippen LogP contribution is 2.18. The van der Waals surface area contributed by atoms with E-state index in [1.165, 1.54) is 0 Å². The minimum atomic E-state index is -3.31. The normalized spacial score (nSPS) is 12.8. The molecule has 0 atom stereocenters. The van der Waals surface area contributed by atoms with Crippen molar-refractivity contribution in [2.75, 3.05) is 10.5 Å². The molecule has 0 aliphatic rings. The Bertz CT molecular complexity index is 428. The van der Waals surface area contributed by atoms with Gasteiger partial charge < -0.3 is 0 Å². The summed E-state index contributed by atoms with van der Waals surface area (Å²) in [6.45, 7) is 7.43. The van der Waals surface area contributed by atoms with Crippen molar-refractivity contribution >= 4 is 15.8 Å². The molecule has 1 aromatic rings. The first-order valence-corrected chi connectivity index (χ1v) is 6.35. The van der Waals surface area contributed by atoms with Crippen molar-refractivity contribution in [3.05, 3.63) is 11.8 Å². The van der Waals surface area contributed by atoms with E-state index in [4.69, 9.17) is 0 Å². The highest BCUT2D eigenvalue weighted by atomic mass is 32.2. The molecule has 15 heavy (non-hydrogen) atoms. The van der Waals surface area contributed by atoms with Crippen LogP contribution in [0.2, 0.25) is 0 Å². The van der Waals surface area contributed by atoms with Crippen molar-refractivity contribution in [2.24, 2.45) is 5.41 Å². The zero-order valence-corrected chi connectivity index (χ0v) is 10.3. The molecule has 0 bridgehead atoms. The van der Waals surface area contributed by atoms with Crippen molar-refractivity contribution in [3.8, 4) is 0 Å². The van der Waals surface area contributed by atoms with Gasteiger partial charge in [-0.15, -0.1) is 0 Å². The molecule has 86 valence electrons. The maximum Gasteiger partial charge on any atom is 0.234 e. The number of aromatic nitrogens is 2. The van der Waals surface area contributed by atoms with Crippen LogP contribution in [0.5, 0.6) is 0 Å². The molecule has 0 aromatic carbocycles. The second kappa shape index (κ2) is 3.84. The lowest BCUT2D eigenvalue weighted by Gasteiger charge is -2.18. The van der Waals surface area contributed by atoms with Gasteiger partial charge in [0.25, 0.3) is 0 Å². The number of H-pyrrole nitrogens is 1. The average Bonchev–Trinajstić information content (AvgIpc) is 2.29. The van der Waals surface area contributed by atoms with Crippen LogP contribution in [0.25, 0.3) is 0 Å². The van der Waals surface area contributed by atoms with Crippen LogP contribution >= 0.6 is 0 Å². The van der Waals surface area contributed by atoms with Gasteiger partial charge >= 0.3 is 0 Å². The van der Waals surface area contributed by atoms with Crippen LogP contribution in [0.1, 0.15) is 26.3 Å². The summed E-state index contributed by atoms with van der Waals surface area (Å²) >= 11 is 0. The van der Waals surface area contributed by atoms with Crippen LogP contribution in [0, 0.1) is 12.3 Å². The summed E-state index contributed by atoms with van der Waals surface area (Å²) in [5.41, 5.74) is 0.521. The molecule has 0 unspecified atom stereocenters. The second-order valence-corrected chi connectivity index (χ2v) is 6.57. The summed E-state index contributed by atoms with van der Waals surface area (Å²) in [6, 6.07) is 0. The fourth-order valence-corrected chi connectivity index (χ4v) is 2.94. The highest BCUT2D eigenvalue weighted by Gasteiger charge is 2.22. The van der Waals surface area contributed by atoms with E-state index < -0.39 is 10.0 Å². The van der Waals surface area contributed by atoms with Crippen LogP contribution < -0.4 is 4.72 Å². The average molecular weight is 231 g/mol. The molecule has 2 N–H and O–H groups in total. The predicted octanol–water partition coefficient (Wildman–Crippen LogP) is 1.51. The molecule has 0 radical (unpaired) electrons. The molecular weight excluding hydrogens is 214 g/mol. The third kappa shape index (κ3) is 3.91. The number of hydrogen-bond donors (Lipinski definition) is 2. The van der Waals surface area contributed by atoms with Gasteiger partial charge in [0.1, 0.15) is 5.82 Å². The number of anilines is 1. The number of hydrogen-bond acceptors (Lipinski definition) is 3. The van der Waals surface area contributed by atoms with Gasteiger partial charge in [-0.25, -0.2) is 8.42 Å². The Labute approximate surface area is 90.3 Å². The van der Waals surface area contributed by atoms with E-state index in [2.05, 4.69) is 14.9 Å². The Morgan fingerprint density at radius 2 is 2.07 bits per heavy atom. The number of nitrogens with zero attached hydrogens (tertiary/aromatic N) is 1. The standard InChI is InChI=1S/C9H17N3O2S/c1-7-5-10-11-8(7)12-15(13,14)6-9(2,3)4/h5H,6H2,1-4H3,(H2,10,11,12). The zero-order chi connectivity index (χ0) is 11.7. The maximum atomic E-state index is 11.7. The van der Waals surface area contributed by atoms with E-state index in [-0.39, 0.29) is 11.2 Å². The summed E-state index contributed by atoms with van der Waals surface area (Å²) < 4.78 is 25.9. The number of nitrogens with one attached hydrogen (secondary N) is 2. The van der Waals surface area contributed by atoms with Gasteiger partial charge in [-0.05, 0) is 12.3 Å². The molecule has 1 aromatic heterocycles. The van der Waals surface area contributed by atoms with E-state index in [0.717, 1.165) is 5.56 Å². The third-order valence-corrected chi connectivity index (χ3v) is 3.47. The van der Waals surface area contributed by atoms with Crippen LogP contribution in [0.4, 0.5) is 5.82 Å². The van der Waals surface area contributed by atoms with Crippen LogP contribution in [-0.2, 0) is 10.0 Å². The minimum Gasteiger partial charge on any atom is -0.267 e. The summed E-state index contributed by atoms with van der Waals surface area (Å²) in [4.78, 5) is 0. The van der Waals surface area contributed by atoms with E-state index in [0.29, 0.717) is 5.82 Å². The zero-order valence-electron chi connectivity index (χ0n) is 9.46. The third-order valence-electron chi connectivity index (χ3n) is 1.71. The van der Waals surface area contributed by atoms with Gasteiger partial charge in [0.15, 0.2) is 0 Å². The van der Waals surface area contributed by atoms with Gasteiger partial charge in [0, 0.05) is 5.56 Å². The Kier molecular flexibility index (Phi) is 3.08. The first kappa shape index (κ1) is 12.0.